The zero-order valence-electron chi connectivity index (χ0n) is 11.5. The van der Waals surface area contributed by atoms with Gasteiger partial charge in [0.25, 0.3) is 0 Å². The Kier molecular flexibility index (Phi) is 4.47. The summed E-state index contributed by atoms with van der Waals surface area (Å²) in [7, 11) is 1.60. The summed E-state index contributed by atoms with van der Waals surface area (Å²) in [6.45, 7) is 3.82. The van der Waals surface area contributed by atoms with Gasteiger partial charge in [0.2, 0.25) is 11.0 Å². The average Bonchev–Trinajstić information content (AvgIpc) is 2.82. The van der Waals surface area contributed by atoms with Crippen LogP contribution < -0.4 is 10.1 Å². The van der Waals surface area contributed by atoms with Crippen molar-refractivity contribution >= 4 is 28.5 Å². The van der Waals surface area contributed by atoms with Crippen LogP contribution >= 0.6 is 11.3 Å². The minimum atomic E-state index is -0.246. The summed E-state index contributed by atoms with van der Waals surface area (Å²) in [6.07, 6.45) is 3.17. The maximum absolute atomic E-state index is 11.8. The molecule has 5 nitrogen and oxygen atoms in total. The van der Waals surface area contributed by atoms with Crippen LogP contribution in [0.25, 0.3) is 6.08 Å². The van der Waals surface area contributed by atoms with Gasteiger partial charge in [0.1, 0.15) is 10.8 Å². The van der Waals surface area contributed by atoms with Crippen LogP contribution in [-0.2, 0) is 4.79 Å². The molecule has 0 spiro atoms. The summed E-state index contributed by atoms with van der Waals surface area (Å²) in [5.74, 6) is 0.483. The Morgan fingerprint density at radius 1 is 1.35 bits per heavy atom. The number of carbonyl (C=O) groups excluding carboxylic acids is 1. The maximum Gasteiger partial charge on any atom is 0.250 e. The number of benzene rings is 1. The molecule has 0 aliphatic heterocycles. The lowest BCUT2D eigenvalue weighted by atomic mass is 10.1. The molecule has 20 heavy (non-hydrogen) atoms. The fraction of sp³-hybridized carbons (Fsp3) is 0.214. The minimum Gasteiger partial charge on any atom is -0.496 e. The van der Waals surface area contributed by atoms with Gasteiger partial charge in [-0.05, 0) is 32.1 Å². The molecule has 0 saturated carbocycles. The molecule has 1 heterocycles. The molecular weight excluding hydrogens is 274 g/mol. The first-order valence-corrected chi connectivity index (χ1v) is 6.84. The van der Waals surface area contributed by atoms with Crippen molar-refractivity contribution in [3.63, 3.8) is 0 Å². The number of carbonyl (C=O) groups is 1. The lowest BCUT2D eigenvalue weighted by Crippen LogP contribution is -2.07. The van der Waals surface area contributed by atoms with Gasteiger partial charge in [-0.2, -0.15) is 0 Å². The highest BCUT2D eigenvalue weighted by Crippen LogP contribution is 2.21. The van der Waals surface area contributed by atoms with Gasteiger partial charge in [0.05, 0.1) is 7.11 Å². The minimum absolute atomic E-state index is 0.246. The number of rotatable bonds is 4. The Balaban J connectivity index is 2.09. The molecule has 1 aromatic carbocycles. The summed E-state index contributed by atoms with van der Waals surface area (Å²) in [5.41, 5.74) is 1.96. The number of nitrogens with zero attached hydrogens (tertiary/aromatic N) is 2. The van der Waals surface area contributed by atoms with Crippen LogP contribution in [0.4, 0.5) is 5.13 Å². The number of ether oxygens (including phenoxy) is 1. The fourth-order valence-electron chi connectivity index (χ4n) is 1.64. The van der Waals surface area contributed by atoms with Crippen LogP contribution in [0.15, 0.2) is 24.3 Å². The smallest absolute Gasteiger partial charge is 0.250 e. The molecule has 0 saturated heterocycles. The number of hydrogen-bond acceptors (Lipinski definition) is 5. The molecule has 0 aliphatic carbocycles. The lowest BCUT2D eigenvalue weighted by molar-refractivity contribution is -0.111. The second-order valence-electron chi connectivity index (χ2n) is 4.19. The molecule has 1 N–H and O–H groups in total. The Morgan fingerprint density at radius 3 is 2.80 bits per heavy atom. The van der Waals surface area contributed by atoms with E-state index in [1.807, 2.05) is 32.0 Å². The molecule has 0 aliphatic rings. The van der Waals surface area contributed by atoms with E-state index in [2.05, 4.69) is 15.5 Å². The monoisotopic (exact) mass is 289 g/mol. The molecule has 2 rings (SSSR count). The summed E-state index contributed by atoms with van der Waals surface area (Å²) >= 11 is 1.34. The molecule has 0 atom stereocenters. The van der Waals surface area contributed by atoms with Crippen molar-refractivity contribution in [3.05, 3.63) is 40.4 Å². The van der Waals surface area contributed by atoms with Crippen molar-refractivity contribution in [1.29, 1.82) is 0 Å². The SMILES string of the molecule is COc1ccc(C)cc1C=CC(=O)Nc1nnc(C)s1. The summed E-state index contributed by atoms with van der Waals surface area (Å²) in [4.78, 5) is 11.8. The normalized spacial score (nSPS) is 10.8. The topological polar surface area (TPSA) is 64.1 Å². The van der Waals surface area contributed by atoms with Crippen molar-refractivity contribution in [2.75, 3.05) is 12.4 Å². The number of aryl methyl sites for hydroxylation is 2. The van der Waals surface area contributed by atoms with Crippen molar-refractivity contribution in [1.82, 2.24) is 10.2 Å². The molecule has 2 aromatic rings. The Labute approximate surface area is 121 Å². The largest absolute Gasteiger partial charge is 0.496 e. The van der Waals surface area contributed by atoms with E-state index in [0.717, 1.165) is 21.9 Å². The Morgan fingerprint density at radius 2 is 2.15 bits per heavy atom. The first-order valence-electron chi connectivity index (χ1n) is 6.02. The van der Waals surface area contributed by atoms with E-state index in [9.17, 15) is 4.79 Å². The van der Waals surface area contributed by atoms with Gasteiger partial charge in [-0.25, -0.2) is 0 Å². The number of anilines is 1. The number of methoxy groups -OCH3 is 1. The summed E-state index contributed by atoms with van der Waals surface area (Å²) in [5, 5.41) is 11.6. The molecular formula is C14H15N3O2S. The quantitative estimate of drug-likeness (QED) is 0.879. The van der Waals surface area contributed by atoms with Gasteiger partial charge in [-0.1, -0.05) is 23.0 Å². The molecule has 104 valence electrons. The third-order valence-corrected chi connectivity index (χ3v) is 3.31. The molecule has 0 radical (unpaired) electrons. The highest BCUT2D eigenvalue weighted by molar-refractivity contribution is 7.15. The van der Waals surface area contributed by atoms with Crippen LogP contribution in [0, 0.1) is 13.8 Å². The van der Waals surface area contributed by atoms with Gasteiger partial charge in [0.15, 0.2) is 0 Å². The van der Waals surface area contributed by atoms with Gasteiger partial charge < -0.3 is 4.74 Å². The zero-order valence-corrected chi connectivity index (χ0v) is 12.3. The van der Waals surface area contributed by atoms with Crippen LogP contribution in [0.5, 0.6) is 5.75 Å². The van der Waals surface area contributed by atoms with Gasteiger partial charge >= 0.3 is 0 Å². The van der Waals surface area contributed by atoms with Gasteiger partial charge in [-0.15, -0.1) is 10.2 Å². The second-order valence-corrected chi connectivity index (χ2v) is 5.38. The lowest BCUT2D eigenvalue weighted by Gasteiger charge is -2.05. The highest BCUT2D eigenvalue weighted by Gasteiger charge is 2.04. The number of amides is 1. The van der Waals surface area contributed by atoms with Crippen LogP contribution in [0.3, 0.4) is 0 Å². The maximum atomic E-state index is 11.8. The average molecular weight is 289 g/mol. The van der Waals surface area contributed by atoms with Crippen LogP contribution in [-0.4, -0.2) is 23.2 Å². The van der Waals surface area contributed by atoms with E-state index < -0.39 is 0 Å². The number of aromatic nitrogens is 2. The zero-order chi connectivity index (χ0) is 14.5. The molecule has 0 fully saturated rings. The molecule has 1 aromatic heterocycles. The predicted octanol–water partition coefficient (Wildman–Crippen LogP) is 2.82. The van der Waals surface area contributed by atoms with Gasteiger partial charge in [0, 0.05) is 11.6 Å². The third kappa shape index (κ3) is 3.64. The second kappa shape index (κ2) is 6.29. The first kappa shape index (κ1) is 14.2. The van der Waals surface area contributed by atoms with Crippen molar-refractivity contribution < 1.29 is 9.53 Å². The molecule has 0 bridgehead atoms. The van der Waals surface area contributed by atoms with Crippen molar-refractivity contribution in [3.8, 4) is 5.75 Å². The van der Waals surface area contributed by atoms with E-state index in [0.29, 0.717) is 5.13 Å². The van der Waals surface area contributed by atoms with Crippen molar-refractivity contribution in [2.45, 2.75) is 13.8 Å². The summed E-state index contributed by atoms with van der Waals surface area (Å²) in [6, 6.07) is 5.79. The third-order valence-electron chi connectivity index (χ3n) is 2.56. The standard InChI is InChI=1S/C14H15N3O2S/c1-9-4-6-12(19-3)11(8-9)5-7-13(18)15-14-17-16-10(2)20-14/h4-8H,1-3H3,(H,15,17,18). The summed E-state index contributed by atoms with van der Waals surface area (Å²) < 4.78 is 5.25. The van der Waals surface area contributed by atoms with E-state index in [-0.39, 0.29) is 5.91 Å². The van der Waals surface area contributed by atoms with E-state index in [1.54, 1.807) is 13.2 Å². The van der Waals surface area contributed by atoms with Crippen LogP contribution in [0.2, 0.25) is 0 Å². The van der Waals surface area contributed by atoms with Crippen molar-refractivity contribution in [2.24, 2.45) is 0 Å². The van der Waals surface area contributed by atoms with E-state index in [1.165, 1.54) is 17.4 Å². The molecule has 1 amide bonds. The molecule has 6 heteroatoms. The van der Waals surface area contributed by atoms with Crippen LogP contribution in [0.1, 0.15) is 16.1 Å². The highest BCUT2D eigenvalue weighted by atomic mass is 32.1. The molecule has 0 unspecified atom stereocenters. The first-order chi connectivity index (χ1) is 9.58. The number of nitrogens with one attached hydrogen (secondary N) is 1. The van der Waals surface area contributed by atoms with Gasteiger partial charge in [-0.3, -0.25) is 10.1 Å². The Bertz CT molecular complexity index is 650. The van der Waals surface area contributed by atoms with E-state index in [4.69, 9.17) is 4.74 Å². The number of hydrogen-bond donors (Lipinski definition) is 1. The van der Waals surface area contributed by atoms with E-state index >= 15 is 0 Å². The fourth-order valence-corrected chi connectivity index (χ4v) is 2.24. The Hall–Kier alpha value is -2.21. The predicted molar refractivity (Wildman–Crippen MR) is 80.0 cm³/mol.